The topological polar surface area (TPSA) is 45.0 Å². The third-order valence-corrected chi connectivity index (χ3v) is 2.16. The van der Waals surface area contributed by atoms with E-state index < -0.39 is 0 Å². The van der Waals surface area contributed by atoms with Crippen molar-refractivity contribution in [1.82, 2.24) is 5.32 Å². The van der Waals surface area contributed by atoms with Crippen LogP contribution < -0.4 is 5.32 Å². The highest BCUT2D eigenvalue weighted by Gasteiger charge is 2.13. The first-order valence-electron chi connectivity index (χ1n) is 4.55. The summed E-state index contributed by atoms with van der Waals surface area (Å²) in [6.07, 6.45) is 2.20. The van der Waals surface area contributed by atoms with Crippen LogP contribution in [0.3, 0.4) is 0 Å². The summed E-state index contributed by atoms with van der Waals surface area (Å²) in [5, 5.41) is 11.8. The van der Waals surface area contributed by atoms with E-state index in [2.05, 4.69) is 11.4 Å². The largest absolute Gasteiger partial charge is 0.363 e. The molecule has 0 radical (unpaired) electrons. The lowest BCUT2D eigenvalue weighted by Crippen LogP contribution is -2.32. The van der Waals surface area contributed by atoms with Gasteiger partial charge >= 0.3 is 0 Å². The Morgan fingerprint density at radius 3 is 3.17 bits per heavy atom. The smallest absolute Gasteiger partial charge is 0.141 e. The highest BCUT2D eigenvalue weighted by atomic mass is 16.5. The van der Waals surface area contributed by atoms with Crippen LogP contribution in [-0.2, 0) is 4.74 Å². The van der Waals surface area contributed by atoms with Gasteiger partial charge in [0.05, 0.1) is 12.7 Å². The van der Waals surface area contributed by atoms with Crippen molar-refractivity contribution < 1.29 is 4.74 Å². The molecule has 0 amide bonds. The van der Waals surface area contributed by atoms with Gasteiger partial charge in [-0.05, 0) is 32.2 Å². The van der Waals surface area contributed by atoms with E-state index in [4.69, 9.17) is 10.00 Å². The van der Waals surface area contributed by atoms with E-state index >= 15 is 0 Å². The van der Waals surface area contributed by atoms with Gasteiger partial charge in [0.25, 0.3) is 0 Å². The molecule has 1 rings (SSSR count). The quantitative estimate of drug-likeness (QED) is 0.681. The lowest BCUT2D eigenvalue weighted by Gasteiger charge is -2.22. The molecule has 1 heterocycles. The highest BCUT2D eigenvalue weighted by molar-refractivity contribution is 4.80. The number of nitrogens with one attached hydrogen (secondary N) is 1. The molecule has 0 aromatic carbocycles. The zero-order chi connectivity index (χ0) is 8.81. The summed E-state index contributed by atoms with van der Waals surface area (Å²) in [5.41, 5.74) is 0. The number of hydrogen-bond acceptors (Lipinski definition) is 3. The lowest BCUT2D eigenvalue weighted by molar-refractivity contribution is 0.0639. The lowest BCUT2D eigenvalue weighted by atomic mass is 10.0. The molecule has 1 fully saturated rings. The Bertz CT molecular complexity index is 158. The molecule has 12 heavy (non-hydrogen) atoms. The zero-order valence-electron chi connectivity index (χ0n) is 7.55. The minimum absolute atomic E-state index is 0.257. The van der Waals surface area contributed by atoms with Gasteiger partial charge < -0.3 is 10.1 Å². The van der Waals surface area contributed by atoms with E-state index in [1.807, 2.05) is 0 Å². The zero-order valence-corrected chi connectivity index (χ0v) is 7.55. The molecular weight excluding hydrogens is 152 g/mol. The van der Waals surface area contributed by atoms with Crippen molar-refractivity contribution in [3.05, 3.63) is 0 Å². The van der Waals surface area contributed by atoms with Crippen molar-refractivity contribution in [2.75, 3.05) is 19.7 Å². The van der Waals surface area contributed by atoms with E-state index in [9.17, 15) is 0 Å². The van der Waals surface area contributed by atoms with E-state index in [0.29, 0.717) is 5.92 Å². The van der Waals surface area contributed by atoms with Crippen molar-refractivity contribution in [3.8, 4) is 6.07 Å². The second-order valence-corrected chi connectivity index (χ2v) is 3.32. The summed E-state index contributed by atoms with van der Waals surface area (Å²) in [7, 11) is 0. The summed E-state index contributed by atoms with van der Waals surface area (Å²) >= 11 is 0. The average molecular weight is 168 g/mol. The molecular formula is C9H16N2O. The Morgan fingerprint density at radius 2 is 2.58 bits per heavy atom. The standard InChI is InChI=1S/C9H16N2O/c1-8(5-10)12-7-9-3-2-4-11-6-9/h8-9,11H,2-4,6-7H2,1H3. The molecule has 0 aromatic heterocycles. The fourth-order valence-corrected chi connectivity index (χ4v) is 1.38. The van der Waals surface area contributed by atoms with Gasteiger partial charge in [0, 0.05) is 6.54 Å². The fourth-order valence-electron chi connectivity index (χ4n) is 1.38. The number of hydrogen-bond donors (Lipinski definition) is 1. The van der Waals surface area contributed by atoms with Crippen molar-refractivity contribution in [1.29, 1.82) is 5.26 Å². The van der Waals surface area contributed by atoms with Crippen LogP contribution in [0.15, 0.2) is 0 Å². The van der Waals surface area contributed by atoms with Gasteiger partial charge in [-0.15, -0.1) is 0 Å². The van der Waals surface area contributed by atoms with Gasteiger partial charge in [0.1, 0.15) is 6.10 Å². The number of rotatable bonds is 3. The van der Waals surface area contributed by atoms with Gasteiger partial charge in [-0.25, -0.2) is 0 Å². The summed E-state index contributed by atoms with van der Waals surface area (Å²) in [6, 6.07) is 2.06. The highest BCUT2D eigenvalue weighted by Crippen LogP contribution is 2.10. The first-order chi connectivity index (χ1) is 5.83. The molecule has 68 valence electrons. The summed E-state index contributed by atoms with van der Waals surface area (Å²) in [4.78, 5) is 0. The maximum absolute atomic E-state index is 8.47. The average Bonchev–Trinajstić information content (AvgIpc) is 2.16. The predicted molar refractivity (Wildman–Crippen MR) is 46.6 cm³/mol. The number of nitrogens with zero attached hydrogens (tertiary/aromatic N) is 1. The SMILES string of the molecule is CC(C#N)OCC1CCCNC1. The molecule has 2 unspecified atom stereocenters. The number of nitriles is 1. The van der Waals surface area contributed by atoms with Crippen LogP contribution in [0.5, 0.6) is 0 Å². The van der Waals surface area contributed by atoms with Gasteiger partial charge in [0.2, 0.25) is 0 Å². The maximum atomic E-state index is 8.47. The van der Waals surface area contributed by atoms with Crippen LogP contribution in [0.1, 0.15) is 19.8 Å². The molecule has 1 aliphatic rings. The monoisotopic (exact) mass is 168 g/mol. The van der Waals surface area contributed by atoms with Crippen LogP contribution in [-0.4, -0.2) is 25.8 Å². The van der Waals surface area contributed by atoms with E-state index in [-0.39, 0.29) is 6.10 Å². The second kappa shape index (κ2) is 5.13. The minimum Gasteiger partial charge on any atom is -0.363 e. The second-order valence-electron chi connectivity index (χ2n) is 3.32. The Balaban J connectivity index is 2.10. The molecule has 1 saturated heterocycles. The predicted octanol–water partition coefficient (Wildman–Crippen LogP) is 0.915. The normalized spacial score (nSPS) is 26.2. The summed E-state index contributed by atoms with van der Waals surface area (Å²) in [5.74, 6) is 0.606. The molecule has 1 N–H and O–H groups in total. The van der Waals surface area contributed by atoms with Crippen molar-refractivity contribution in [2.24, 2.45) is 5.92 Å². The molecule has 0 aliphatic carbocycles. The Kier molecular flexibility index (Phi) is 4.06. The molecule has 0 bridgehead atoms. The van der Waals surface area contributed by atoms with Gasteiger partial charge in [-0.1, -0.05) is 0 Å². The molecule has 1 aliphatic heterocycles. The van der Waals surface area contributed by atoms with Gasteiger partial charge in [-0.3, -0.25) is 0 Å². The Labute approximate surface area is 73.7 Å². The first kappa shape index (κ1) is 9.50. The van der Waals surface area contributed by atoms with Gasteiger partial charge in [0.15, 0.2) is 0 Å². The number of ether oxygens (including phenoxy) is 1. The Hall–Kier alpha value is -0.590. The van der Waals surface area contributed by atoms with E-state index in [0.717, 1.165) is 19.7 Å². The number of piperidine rings is 1. The van der Waals surface area contributed by atoms with E-state index in [1.165, 1.54) is 12.8 Å². The van der Waals surface area contributed by atoms with Crippen LogP contribution in [0.2, 0.25) is 0 Å². The third-order valence-electron chi connectivity index (χ3n) is 2.16. The van der Waals surface area contributed by atoms with Crippen molar-refractivity contribution in [2.45, 2.75) is 25.9 Å². The Morgan fingerprint density at radius 1 is 1.75 bits per heavy atom. The third kappa shape index (κ3) is 3.21. The van der Waals surface area contributed by atoms with Crippen LogP contribution in [0, 0.1) is 17.2 Å². The molecule has 2 atom stereocenters. The van der Waals surface area contributed by atoms with Crippen LogP contribution >= 0.6 is 0 Å². The summed E-state index contributed by atoms with van der Waals surface area (Å²) < 4.78 is 5.33. The molecule has 0 spiro atoms. The van der Waals surface area contributed by atoms with Gasteiger partial charge in [-0.2, -0.15) is 5.26 Å². The minimum atomic E-state index is -0.257. The molecule has 3 heteroatoms. The molecule has 0 saturated carbocycles. The molecule has 0 aromatic rings. The van der Waals surface area contributed by atoms with Crippen LogP contribution in [0.4, 0.5) is 0 Å². The fraction of sp³-hybridized carbons (Fsp3) is 0.889. The van der Waals surface area contributed by atoms with Crippen molar-refractivity contribution in [3.63, 3.8) is 0 Å². The first-order valence-corrected chi connectivity index (χ1v) is 4.55. The van der Waals surface area contributed by atoms with Crippen LogP contribution in [0.25, 0.3) is 0 Å². The van der Waals surface area contributed by atoms with Crippen molar-refractivity contribution >= 4 is 0 Å². The van der Waals surface area contributed by atoms with E-state index in [1.54, 1.807) is 6.92 Å². The molecule has 3 nitrogen and oxygen atoms in total. The summed E-state index contributed by atoms with van der Waals surface area (Å²) in [6.45, 7) is 4.68. The maximum Gasteiger partial charge on any atom is 0.141 e.